The number of carboxylic acid groups (broad SMARTS) is 1. The molecule has 6 nitrogen and oxygen atoms in total. The van der Waals surface area contributed by atoms with Crippen molar-refractivity contribution in [1.82, 2.24) is 9.80 Å². The van der Waals surface area contributed by atoms with Crippen LogP contribution in [0.2, 0.25) is 0 Å². The van der Waals surface area contributed by atoms with Crippen LogP contribution in [0.1, 0.15) is 26.7 Å². The molecule has 0 aromatic rings. The second kappa shape index (κ2) is 6.66. The number of hydrogen-bond acceptors (Lipinski definition) is 4. The predicted octanol–water partition coefficient (Wildman–Crippen LogP) is 1.58. The van der Waals surface area contributed by atoms with Crippen LogP contribution in [0, 0.1) is 11.3 Å². The van der Waals surface area contributed by atoms with Gasteiger partial charge in [0.15, 0.2) is 0 Å². The lowest BCUT2D eigenvalue weighted by Crippen LogP contribution is -2.52. The second-order valence-corrected chi connectivity index (χ2v) is 5.77. The highest BCUT2D eigenvalue weighted by Gasteiger charge is 2.42. The highest BCUT2D eigenvalue weighted by atomic mass is 32.2. The number of carboxylic acids is 1. The van der Waals surface area contributed by atoms with Gasteiger partial charge in [0.1, 0.15) is 6.04 Å². The molecular weight excluding hydrogens is 266 g/mol. The molecule has 0 aromatic heterocycles. The van der Waals surface area contributed by atoms with Gasteiger partial charge in [0, 0.05) is 18.8 Å². The van der Waals surface area contributed by atoms with Gasteiger partial charge in [-0.3, -0.25) is 4.90 Å². The van der Waals surface area contributed by atoms with E-state index in [1.165, 1.54) is 21.6 Å². The largest absolute Gasteiger partial charge is 0.480 e. The number of thioether (sulfide) groups is 1. The zero-order chi connectivity index (χ0) is 14.6. The second-order valence-electron chi connectivity index (χ2n) is 4.56. The SMILES string of the molecule is CCC1SCC(C(=O)O)N1C(=O)N(C)C(C)CC#N. The molecule has 1 aliphatic rings. The van der Waals surface area contributed by atoms with Gasteiger partial charge in [-0.2, -0.15) is 5.26 Å². The monoisotopic (exact) mass is 285 g/mol. The first-order valence-corrected chi connectivity index (χ1v) is 7.25. The molecule has 3 unspecified atom stereocenters. The summed E-state index contributed by atoms with van der Waals surface area (Å²) in [6.45, 7) is 3.71. The van der Waals surface area contributed by atoms with Crippen molar-refractivity contribution in [2.75, 3.05) is 12.8 Å². The maximum atomic E-state index is 12.4. The Morgan fingerprint density at radius 2 is 2.26 bits per heavy atom. The summed E-state index contributed by atoms with van der Waals surface area (Å²) in [7, 11) is 1.61. The molecule has 0 spiro atoms. The normalized spacial score (nSPS) is 23.8. The third kappa shape index (κ3) is 3.32. The summed E-state index contributed by atoms with van der Waals surface area (Å²) < 4.78 is 0. The molecule has 106 valence electrons. The molecule has 1 saturated heterocycles. The first-order chi connectivity index (χ1) is 8.93. The maximum absolute atomic E-state index is 12.4. The van der Waals surface area contributed by atoms with Crippen LogP contribution in [0.25, 0.3) is 0 Å². The highest BCUT2D eigenvalue weighted by molar-refractivity contribution is 8.00. The Balaban J connectivity index is 2.87. The highest BCUT2D eigenvalue weighted by Crippen LogP contribution is 2.32. The Morgan fingerprint density at radius 1 is 1.63 bits per heavy atom. The molecule has 0 saturated carbocycles. The summed E-state index contributed by atoms with van der Waals surface area (Å²) >= 11 is 1.49. The molecule has 1 heterocycles. The van der Waals surface area contributed by atoms with E-state index in [1.807, 2.05) is 13.0 Å². The minimum Gasteiger partial charge on any atom is -0.480 e. The van der Waals surface area contributed by atoms with Gasteiger partial charge >= 0.3 is 12.0 Å². The molecule has 0 aliphatic carbocycles. The molecule has 0 radical (unpaired) electrons. The number of hydrogen-bond donors (Lipinski definition) is 1. The van der Waals surface area contributed by atoms with E-state index < -0.39 is 12.0 Å². The van der Waals surface area contributed by atoms with Gasteiger partial charge in [0.05, 0.1) is 17.9 Å². The first-order valence-electron chi connectivity index (χ1n) is 6.20. The minimum atomic E-state index is -0.974. The van der Waals surface area contributed by atoms with Crippen LogP contribution in [0.4, 0.5) is 4.79 Å². The van der Waals surface area contributed by atoms with Crippen molar-refractivity contribution in [3.8, 4) is 6.07 Å². The van der Waals surface area contributed by atoms with Gasteiger partial charge < -0.3 is 10.0 Å². The zero-order valence-electron chi connectivity index (χ0n) is 11.4. The van der Waals surface area contributed by atoms with E-state index in [0.717, 1.165) is 0 Å². The molecular formula is C12H19N3O3S. The van der Waals surface area contributed by atoms with E-state index in [9.17, 15) is 14.7 Å². The lowest BCUT2D eigenvalue weighted by molar-refractivity contribution is -0.141. The minimum absolute atomic E-state index is 0.106. The van der Waals surface area contributed by atoms with Gasteiger partial charge in [-0.15, -0.1) is 11.8 Å². The quantitative estimate of drug-likeness (QED) is 0.847. The fraction of sp³-hybridized carbons (Fsp3) is 0.750. The van der Waals surface area contributed by atoms with Gasteiger partial charge in [-0.1, -0.05) is 6.92 Å². The van der Waals surface area contributed by atoms with E-state index in [0.29, 0.717) is 12.2 Å². The van der Waals surface area contributed by atoms with Crippen molar-refractivity contribution in [3.63, 3.8) is 0 Å². The molecule has 1 fully saturated rings. The van der Waals surface area contributed by atoms with Crippen molar-refractivity contribution >= 4 is 23.8 Å². The Morgan fingerprint density at radius 3 is 2.74 bits per heavy atom. The Bertz CT molecular complexity index is 396. The van der Waals surface area contributed by atoms with E-state index in [1.54, 1.807) is 14.0 Å². The van der Waals surface area contributed by atoms with Crippen molar-refractivity contribution in [3.05, 3.63) is 0 Å². The predicted molar refractivity (Wildman–Crippen MR) is 72.7 cm³/mol. The summed E-state index contributed by atoms with van der Waals surface area (Å²) in [5.41, 5.74) is 0. The summed E-state index contributed by atoms with van der Waals surface area (Å²) in [4.78, 5) is 26.5. The Hall–Kier alpha value is -1.42. The van der Waals surface area contributed by atoms with Crippen molar-refractivity contribution in [1.29, 1.82) is 5.26 Å². The van der Waals surface area contributed by atoms with Crippen LogP contribution in [-0.4, -0.2) is 57.2 Å². The molecule has 2 amide bonds. The van der Waals surface area contributed by atoms with Crippen LogP contribution >= 0.6 is 11.8 Å². The average molecular weight is 285 g/mol. The number of carbonyl (C=O) groups is 2. The van der Waals surface area contributed by atoms with E-state index in [2.05, 4.69) is 0 Å². The Kier molecular flexibility index (Phi) is 5.48. The summed E-state index contributed by atoms with van der Waals surface area (Å²) in [5, 5.41) is 17.8. The number of nitriles is 1. The standard InChI is InChI=1S/C12H19N3O3S/c1-4-10-15(9(7-19-10)11(16)17)12(18)14(3)8(2)5-6-13/h8-10H,4-5,7H2,1-3H3,(H,16,17). The lowest BCUT2D eigenvalue weighted by Gasteiger charge is -2.33. The molecule has 0 aromatic carbocycles. The van der Waals surface area contributed by atoms with Crippen LogP contribution in [0.5, 0.6) is 0 Å². The Labute approximate surface area is 117 Å². The molecule has 3 atom stereocenters. The smallest absolute Gasteiger partial charge is 0.327 e. The summed E-state index contributed by atoms with van der Waals surface area (Å²) in [6.07, 6.45) is 0.943. The molecule has 7 heteroatoms. The summed E-state index contributed by atoms with van der Waals surface area (Å²) in [5.74, 6) is -0.557. The topological polar surface area (TPSA) is 84.6 Å². The van der Waals surface area contributed by atoms with Gasteiger partial charge in [-0.05, 0) is 13.3 Å². The molecule has 1 N–H and O–H groups in total. The van der Waals surface area contributed by atoms with Crippen molar-refractivity contribution < 1.29 is 14.7 Å². The van der Waals surface area contributed by atoms with Gasteiger partial charge in [0.2, 0.25) is 0 Å². The molecule has 1 aliphatic heterocycles. The van der Waals surface area contributed by atoms with Crippen LogP contribution in [0.15, 0.2) is 0 Å². The fourth-order valence-corrected chi connectivity index (χ4v) is 3.31. The van der Waals surface area contributed by atoms with Crippen molar-refractivity contribution in [2.24, 2.45) is 0 Å². The van der Waals surface area contributed by atoms with Crippen molar-refractivity contribution in [2.45, 2.75) is 44.1 Å². The molecule has 19 heavy (non-hydrogen) atoms. The fourth-order valence-electron chi connectivity index (χ4n) is 1.96. The average Bonchev–Trinajstić information content (AvgIpc) is 2.81. The molecule has 0 bridgehead atoms. The van der Waals surface area contributed by atoms with Crippen LogP contribution < -0.4 is 0 Å². The molecule has 1 rings (SSSR count). The maximum Gasteiger partial charge on any atom is 0.327 e. The number of amides is 2. The number of nitrogens with zero attached hydrogens (tertiary/aromatic N) is 3. The summed E-state index contributed by atoms with van der Waals surface area (Å²) in [6, 6.07) is 0.701. The van der Waals surface area contributed by atoms with Crippen LogP contribution in [-0.2, 0) is 4.79 Å². The van der Waals surface area contributed by atoms with Gasteiger partial charge in [0.25, 0.3) is 0 Å². The lowest BCUT2D eigenvalue weighted by atomic mass is 10.2. The third-order valence-corrected chi connectivity index (χ3v) is 4.75. The number of urea groups is 1. The van der Waals surface area contributed by atoms with Gasteiger partial charge in [-0.25, -0.2) is 9.59 Å². The van der Waals surface area contributed by atoms with E-state index in [4.69, 9.17) is 5.26 Å². The first kappa shape index (κ1) is 15.6. The van der Waals surface area contributed by atoms with E-state index >= 15 is 0 Å². The third-order valence-electron chi connectivity index (χ3n) is 3.30. The van der Waals surface area contributed by atoms with Crippen LogP contribution in [0.3, 0.4) is 0 Å². The number of rotatable bonds is 4. The number of carbonyl (C=O) groups excluding carboxylic acids is 1. The number of aliphatic carboxylic acids is 1. The van der Waals surface area contributed by atoms with E-state index in [-0.39, 0.29) is 23.9 Å². The zero-order valence-corrected chi connectivity index (χ0v) is 12.2.